The van der Waals surface area contributed by atoms with Crippen molar-refractivity contribution in [2.75, 3.05) is 6.61 Å². The van der Waals surface area contributed by atoms with E-state index < -0.39 is 0 Å². The maximum Gasteiger partial charge on any atom is 0.119 e. The van der Waals surface area contributed by atoms with Crippen LogP contribution in [0.3, 0.4) is 0 Å². The minimum absolute atomic E-state index is 0.211. The molecule has 0 atom stereocenters. The Hall–Kier alpha value is -0.980. The molecule has 1 heteroatoms. The molecule has 0 unspecified atom stereocenters. The van der Waals surface area contributed by atoms with E-state index in [4.69, 9.17) is 4.74 Å². The van der Waals surface area contributed by atoms with Gasteiger partial charge in [0.2, 0.25) is 0 Å². The zero-order chi connectivity index (χ0) is 14.5. The molecule has 0 aromatic heterocycles. The first kappa shape index (κ1) is 16.1. The third-order valence-corrected chi connectivity index (χ3v) is 3.99. The lowest BCUT2D eigenvalue weighted by molar-refractivity contribution is 0.248. The second kappa shape index (κ2) is 6.45. The maximum absolute atomic E-state index is 5.64. The highest BCUT2D eigenvalue weighted by molar-refractivity contribution is 5.31. The van der Waals surface area contributed by atoms with E-state index >= 15 is 0 Å². The Balaban J connectivity index is 2.78. The fourth-order valence-corrected chi connectivity index (χ4v) is 2.65. The minimum atomic E-state index is 0.211. The predicted octanol–water partition coefficient (Wildman–Crippen LogP) is 5.58. The number of benzene rings is 1. The van der Waals surface area contributed by atoms with Crippen LogP contribution in [-0.4, -0.2) is 6.61 Å². The lowest BCUT2D eigenvalue weighted by Gasteiger charge is -2.35. The minimum Gasteiger partial charge on any atom is -0.494 e. The van der Waals surface area contributed by atoms with Crippen LogP contribution in [0.5, 0.6) is 5.75 Å². The fraction of sp³-hybridized carbons (Fsp3) is 0.667. The van der Waals surface area contributed by atoms with Crippen molar-refractivity contribution in [1.82, 2.24) is 0 Å². The van der Waals surface area contributed by atoms with E-state index in [9.17, 15) is 0 Å². The second-order valence-electron chi connectivity index (χ2n) is 6.95. The first-order chi connectivity index (χ1) is 8.80. The van der Waals surface area contributed by atoms with Gasteiger partial charge in [-0.25, -0.2) is 0 Å². The van der Waals surface area contributed by atoms with Crippen LogP contribution in [-0.2, 0) is 5.41 Å². The van der Waals surface area contributed by atoms with Gasteiger partial charge in [-0.1, -0.05) is 60.1 Å². The molecule has 0 amide bonds. The molecule has 0 radical (unpaired) electrons. The molecule has 0 N–H and O–H groups in total. The Labute approximate surface area is 119 Å². The third kappa shape index (κ3) is 4.89. The summed E-state index contributed by atoms with van der Waals surface area (Å²) in [5.74, 6) is 0.983. The van der Waals surface area contributed by atoms with Crippen molar-refractivity contribution in [3.8, 4) is 5.75 Å². The van der Waals surface area contributed by atoms with Crippen molar-refractivity contribution in [3.63, 3.8) is 0 Å². The van der Waals surface area contributed by atoms with Crippen LogP contribution in [0, 0.1) is 5.41 Å². The van der Waals surface area contributed by atoms with E-state index in [1.54, 1.807) is 0 Å². The summed E-state index contributed by atoms with van der Waals surface area (Å²) in [6.07, 6.45) is 3.47. The van der Waals surface area contributed by atoms with Gasteiger partial charge >= 0.3 is 0 Å². The van der Waals surface area contributed by atoms with Crippen LogP contribution in [0.15, 0.2) is 24.3 Å². The van der Waals surface area contributed by atoms with Crippen LogP contribution in [0.2, 0.25) is 0 Å². The molecule has 0 aliphatic rings. The van der Waals surface area contributed by atoms with Gasteiger partial charge in [0.25, 0.3) is 0 Å². The van der Waals surface area contributed by atoms with Gasteiger partial charge in [0, 0.05) is 0 Å². The Morgan fingerprint density at radius 1 is 0.947 bits per heavy atom. The molecule has 1 nitrogen and oxygen atoms in total. The first-order valence-electron chi connectivity index (χ1n) is 7.54. The average molecular weight is 262 g/mol. The van der Waals surface area contributed by atoms with Gasteiger partial charge in [-0.3, -0.25) is 0 Å². The fourth-order valence-electron chi connectivity index (χ4n) is 2.65. The normalized spacial score (nSPS) is 12.5. The summed E-state index contributed by atoms with van der Waals surface area (Å²) in [5.41, 5.74) is 2.00. The quantitative estimate of drug-likeness (QED) is 0.623. The lowest BCUT2D eigenvalue weighted by Crippen LogP contribution is -2.26. The summed E-state index contributed by atoms with van der Waals surface area (Å²) < 4.78 is 5.64. The molecule has 0 aliphatic carbocycles. The van der Waals surface area contributed by atoms with Crippen molar-refractivity contribution in [2.45, 2.75) is 66.2 Å². The van der Waals surface area contributed by atoms with Gasteiger partial charge in [0.1, 0.15) is 5.75 Å². The summed E-state index contributed by atoms with van der Waals surface area (Å²) in [7, 11) is 0. The molecule has 0 saturated heterocycles. The molecule has 108 valence electrons. The molecule has 0 spiro atoms. The van der Waals surface area contributed by atoms with Gasteiger partial charge in [0.05, 0.1) is 6.61 Å². The van der Waals surface area contributed by atoms with Crippen LogP contribution in [0.1, 0.15) is 66.4 Å². The summed E-state index contributed by atoms with van der Waals surface area (Å²) in [5, 5.41) is 0. The molecular formula is C18H30O. The molecule has 0 bridgehead atoms. The van der Waals surface area contributed by atoms with E-state index in [1.165, 1.54) is 18.4 Å². The molecule has 1 aromatic carbocycles. The van der Waals surface area contributed by atoms with Crippen molar-refractivity contribution in [1.29, 1.82) is 0 Å². The summed E-state index contributed by atoms with van der Waals surface area (Å²) in [4.78, 5) is 0. The van der Waals surface area contributed by atoms with Crippen molar-refractivity contribution < 1.29 is 4.74 Å². The Bertz CT molecular complexity index is 373. The van der Waals surface area contributed by atoms with Gasteiger partial charge in [-0.15, -0.1) is 0 Å². The smallest absolute Gasteiger partial charge is 0.119 e. The third-order valence-electron chi connectivity index (χ3n) is 3.99. The highest BCUT2D eigenvalue weighted by Gasteiger charge is 2.28. The zero-order valence-corrected chi connectivity index (χ0v) is 13.5. The molecule has 0 fully saturated rings. The standard InChI is InChI=1S/C18H30O/c1-7-13-19-16-11-9-15(10-12-16)18(5,6)14-17(3,4)8-2/h9-12H,7-8,13-14H2,1-6H3. The zero-order valence-electron chi connectivity index (χ0n) is 13.5. The van der Waals surface area contributed by atoms with E-state index in [0.29, 0.717) is 5.41 Å². The average Bonchev–Trinajstić information content (AvgIpc) is 2.35. The first-order valence-corrected chi connectivity index (χ1v) is 7.54. The topological polar surface area (TPSA) is 9.23 Å². The van der Waals surface area contributed by atoms with E-state index in [0.717, 1.165) is 18.8 Å². The Kier molecular flexibility index (Phi) is 5.46. The summed E-state index contributed by atoms with van der Waals surface area (Å²) >= 11 is 0. The molecule has 19 heavy (non-hydrogen) atoms. The molecule has 1 aromatic rings. The van der Waals surface area contributed by atoms with Crippen LogP contribution >= 0.6 is 0 Å². The molecular weight excluding hydrogens is 232 g/mol. The predicted molar refractivity (Wildman–Crippen MR) is 83.9 cm³/mol. The van der Waals surface area contributed by atoms with Gasteiger partial charge in [0.15, 0.2) is 0 Å². The Morgan fingerprint density at radius 3 is 2.00 bits per heavy atom. The largest absolute Gasteiger partial charge is 0.494 e. The van der Waals surface area contributed by atoms with Gasteiger partial charge < -0.3 is 4.74 Å². The molecule has 0 saturated carbocycles. The van der Waals surface area contributed by atoms with Crippen molar-refractivity contribution in [2.24, 2.45) is 5.41 Å². The monoisotopic (exact) mass is 262 g/mol. The Morgan fingerprint density at radius 2 is 1.53 bits per heavy atom. The van der Waals surface area contributed by atoms with Crippen molar-refractivity contribution >= 4 is 0 Å². The maximum atomic E-state index is 5.64. The van der Waals surface area contributed by atoms with Gasteiger partial charge in [-0.2, -0.15) is 0 Å². The van der Waals surface area contributed by atoms with Crippen LogP contribution < -0.4 is 4.74 Å². The lowest BCUT2D eigenvalue weighted by atomic mass is 9.70. The molecule has 1 rings (SSSR count). The van der Waals surface area contributed by atoms with E-state index in [1.807, 2.05) is 0 Å². The number of hydrogen-bond donors (Lipinski definition) is 0. The van der Waals surface area contributed by atoms with Crippen molar-refractivity contribution in [3.05, 3.63) is 29.8 Å². The van der Waals surface area contributed by atoms with Gasteiger partial charge in [-0.05, 0) is 41.4 Å². The summed E-state index contributed by atoms with van der Waals surface area (Å²) in [6, 6.07) is 8.64. The number of rotatable bonds is 7. The van der Waals surface area contributed by atoms with E-state index in [-0.39, 0.29) is 5.41 Å². The molecule has 0 heterocycles. The molecule has 0 aliphatic heterocycles. The number of ether oxygens (including phenoxy) is 1. The SMILES string of the molecule is CCCOc1ccc(C(C)(C)CC(C)(C)CC)cc1. The highest BCUT2D eigenvalue weighted by atomic mass is 16.5. The van der Waals surface area contributed by atoms with E-state index in [2.05, 4.69) is 65.8 Å². The summed E-state index contributed by atoms with van der Waals surface area (Å²) in [6.45, 7) is 14.6. The van der Waals surface area contributed by atoms with Crippen LogP contribution in [0.25, 0.3) is 0 Å². The second-order valence-corrected chi connectivity index (χ2v) is 6.95. The van der Waals surface area contributed by atoms with Crippen LogP contribution in [0.4, 0.5) is 0 Å². The highest BCUT2D eigenvalue weighted by Crippen LogP contribution is 2.38. The number of hydrogen-bond acceptors (Lipinski definition) is 1.